The second kappa shape index (κ2) is 10.9. The molecule has 9 heteroatoms. The largest absolute Gasteiger partial charge is 0.351 e. The summed E-state index contributed by atoms with van der Waals surface area (Å²) in [6.45, 7) is 7.98. The van der Waals surface area contributed by atoms with Crippen molar-refractivity contribution >= 4 is 24.1 Å². The van der Waals surface area contributed by atoms with Crippen LogP contribution in [0.25, 0.3) is 11.3 Å². The summed E-state index contributed by atoms with van der Waals surface area (Å²) >= 11 is 0. The van der Waals surface area contributed by atoms with Gasteiger partial charge in [-0.2, -0.15) is 5.26 Å². The molecular formula is C26H32ClF2N5O. The van der Waals surface area contributed by atoms with E-state index in [0.717, 1.165) is 28.2 Å². The summed E-state index contributed by atoms with van der Waals surface area (Å²) in [7, 11) is 0. The van der Waals surface area contributed by atoms with Crippen molar-refractivity contribution in [3.05, 3.63) is 41.0 Å². The quantitative estimate of drug-likeness (QED) is 0.565. The highest BCUT2D eigenvalue weighted by atomic mass is 35.5. The van der Waals surface area contributed by atoms with Crippen molar-refractivity contribution in [2.45, 2.75) is 64.8 Å². The zero-order valence-corrected chi connectivity index (χ0v) is 21.2. The number of nitriles is 1. The van der Waals surface area contributed by atoms with Gasteiger partial charge in [0.15, 0.2) is 5.82 Å². The average molecular weight is 504 g/mol. The number of benzene rings is 1. The fourth-order valence-corrected chi connectivity index (χ4v) is 5.06. The van der Waals surface area contributed by atoms with E-state index in [1.165, 1.54) is 0 Å². The van der Waals surface area contributed by atoms with Gasteiger partial charge in [0.2, 0.25) is 11.8 Å². The van der Waals surface area contributed by atoms with E-state index in [4.69, 9.17) is 5.26 Å². The number of aromatic nitrogens is 2. The minimum absolute atomic E-state index is 0. The van der Waals surface area contributed by atoms with Gasteiger partial charge in [-0.25, -0.2) is 8.78 Å². The maximum absolute atomic E-state index is 13.4. The van der Waals surface area contributed by atoms with Crippen molar-refractivity contribution in [3.8, 4) is 17.3 Å². The second-order valence-corrected chi connectivity index (χ2v) is 9.70. The van der Waals surface area contributed by atoms with Gasteiger partial charge in [-0.3, -0.25) is 4.79 Å². The van der Waals surface area contributed by atoms with E-state index in [2.05, 4.69) is 21.2 Å². The molecule has 2 aliphatic rings. The summed E-state index contributed by atoms with van der Waals surface area (Å²) in [4.78, 5) is 17.0. The van der Waals surface area contributed by atoms with E-state index in [9.17, 15) is 13.6 Å². The van der Waals surface area contributed by atoms with Crippen molar-refractivity contribution < 1.29 is 13.6 Å². The molecule has 4 rings (SSSR count). The molecule has 0 unspecified atom stereocenters. The molecule has 1 atom stereocenters. The third-order valence-corrected chi connectivity index (χ3v) is 7.33. The molecular weight excluding hydrogens is 472 g/mol. The van der Waals surface area contributed by atoms with Gasteiger partial charge in [0, 0.05) is 50.5 Å². The predicted octanol–water partition coefficient (Wildman–Crippen LogP) is 5.31. The van der Waals surface area contributed by atoms with Gasteiger partial charge in [-0.05, 0) is 62.8 Å². The molecule has 0 spiro atoms. The van der Waals surface area contributed by atoms with Gasteiger partial charge in [-0.15, -0.1) is 22.6 Å². The van der Waals surface area contributed by atoms with E-state index in [1.54, 1.807) is 12.1 Å². The average Bonchev–Trinajstić information content (AvgIpc) is 2.82. The van der Waals surface area contributed by atoms with E-state index >= 15 is 0 Å². The Morgan fingerprint density at radius 1 is 1.11 bits per heavy atom. The van der Waals surface area contributed by atoms with Crippen LogP contribution in [0.5, 0.6) is 0 Å². The Balaban J connectivity index is 0.00000342. The van der Waals surface area contributed by atoms with Crippen molar-refractivity contribution in [2.24, 2.45) is 5.92 Å². The van der Waals surface area contributed by atoms with Gasteiger partial charge >= 0.3 is 0 Å². The first-order chi connectivity index (χ1) is 16.2. The molecule has 2 aromatic rings. The lowest BCUT2D eigenvalue weighted by molar-refractivity contribution is -0.135. The summed E-state index contributed by atoms with van der Waals surface area (Å²) in [5.41, 5.74) is 4.40. The number of hydrogen-bond donors (Lipinski definition) is 0. The van der Waals surface area contributed by atoms with Crippen molar-refractivity contribution in [1.82, 2.24) is 15.1 Å². The first-order valence-corrected chi connectivity index (χ1v) is 11.9. The van der Waals surface area contributed by atoms with Crippen LogP contribution in [0.3, 0.4) is 0 Å². The first-order valence-electron chi connectivity index (χ1n) is 11.9. The van der Waals surface area contributed by atoms with Crippen molar-refractivity contribution in [2.75, 3.05) is 24.5 Å². The van der Waals surface area contributed by atoms with Crippen LogP contribution < -0.4 is 4.90 Å². The van der Waals surface area contributed by atoms with Crippen LogP contribution in [0.2, 0.25) is 0 Å². The molecule has 1 aromatic carbocycles. The number of carbonyl (C=O) groups is 1. The van der Waals surface area contributed by atoms with E-state index < -0.39 is 5.92 Å². The van der Waals surface area contributed by atoms with Crippen LogP contribution in [0.4, 0.5) is 14.6 Å². The van der Waals surface area contributed by atoms with Crippen LogP contribution in [0.1, 0.15) is 55.7 Å². The predicted molar refractivity (Wildman–Crippen MR) is 134 cm³/mol. The lowest BCUT2D eigenvalue weighted by Crippen LogP contribution is -2.54. The van der Waals surface area contributed by atoms with Crippen LogP contribution in [0, 0.1) is 31.1 Å². The zero-order valence-electron chi connectivity index (χ0n) is 20.4. The van der Waals surface area contributed by atoms with Gasteiger partial charge in [0.25, 0.3) is 0 Å². The molecule has 2 heterocycles. The van der Waals surface area contributed by atoms with Gasteiger partial charge in [0.1, 0.15) is 0 Å². The highest BCUT2D eigenvalue weighted by molar-refractivity contribution is 5.85. The molecule has 0 radical (unpaired) electrons. The fraction of sp³-hybridized carbons (Fsp3) is 0.538. The Morgan fingerprint density at radius 2 is 1.77 bits per heavy atom. The number of halogens is 3. The molecule has 1 saturated carbocycles. The smallest absolute Gasteiger partial charge is 0.248 e. The van der Waals surface area contributed by atoms with E-state index in [-0.39, 0.29) is 43.1 Å². The van der Waals surface area contributed by atoms with Gasteiger partial charge < -0.3 is 9.80 Å². The molecule has 0 N–H and O–H groups in total. The lowest BCUT2D eigenvalue weighted by Gasteiger charge is -2.41. The lowest BCUT2D eigenvalue weighted by atomic mass is 9.84. The number of anilines is 1. The highest BCUT2D eigenvalue weighted by Crippen LogP contribution is 2.38. The van der Waals surface area contributed by atoms with Crippen LogP contribution in [0.15, 0.2) is 24.3 Å². The number of amides is 1. The van der Waals surface area contributed by atoms with E-state index in [0.29, 0.717) is 44.5 Å². The minimum atomic E-state index is -2.56. The molecule has 188 valence electrons. The molecule has 6 nitrogen and oxygen atoms in total. The summed E-state index contributed by atoms with van der Waals surface area (Å²) in [5, 5.41) is 18.0. The van der Waals surface area contributed by atoms with Crippen LogP contribution in [-0.4, -0.2) is 52.6 Å². The molecule has 1 saturated heterocycles. The van der Waals surface area contributed by atoms with Crippen LogP contribution >= 0.6 is 12.4 Å². The third kappa shape index (κ3) is 5.90. The fourth-order valence-electron chi connectivity index (χ4n) is 5.06. The molecule has 0 bridgehead atoms. The van der Waals surface area contributed by atoms with Gasteiger partial charge in [0.05, 0.1) is 17.3 Å². The Labute approximate surface area is 211 Å². The number of rotatable bonds is 4. The molecule has 35 heavy (non-hydrogen) atoms. The molecule has 1 aliphatic carbocycles. The zero-order chi connectivity index (χ0) is 24.5. The first kappa shape index (κ1) is 26.8. The van der Waals surface area contributed by atoms with Gasteiger partial charge in [-0.1, -0.05) is 12.1 Å². The number of hydrogen-bond acceptors (Lipinski definition) is 5. The molecule has 1 aromatic heterocycles. The Bertz CT molecular complexity index is 1090. The summed E-state index contributed by atoms with van der Waals surface area (Å²) in [5.74, 6) is -1.62. The molecule has 1 aliphatic heterocycles. The molecule has 1 amide bonds. The molecule has 2 fully saturated rings. The maximum atomic E-state index is 13.4. The highest BCUT2D eigenvalue weighted by Gasteiger charge is 2.37. The van der Waals surface area contributed by atoms with E-state index in [1.807, 2.05) is 37.8 Å². The minimum Gasteiger partial charge on any atom is -0.351 e. The Kier molecular flexibility index (Phi) is 8.32. The van der Waals surface area contributed by atoms with Crippen molar-refractivity contribution in [1.29, 1.82) is 5.26 Å². The topological polar surface area (TPSA) is 73.1 Å². The summed E-state index contributed by atoms with van der Waals surface area (Å²) < 4.78 is 26.9. The summed E-state index contributed by atoms with van der Waals surface area (Å²) in [6.07, 6.45) is 0.991. The number of alkyl halides is 2. The monoisotopic (exact) mass is 503 g/mol. The Morgan fingerprint density at radius 3 is 2.37 bits per heavy atom. The normalized spacial score (nSPS) is 20.2. The summed E-state index contributed by atoms with van der Waals surface area (Å²) in [6, 6.07) is 9.45. The van der Waals surface area contributed by atoms with Crippen molar-refractivity contribution in [3.63, 3.8) is 0 Å². The standard InChI is InChI=1S/C26H31F2N5O.ClH/c1-17-16-32(12-13-33(17)23(34)14-20-8-10-26(27,28)11-9-20)25-19(3)18(2)24(30-31-25)22-6-4-21(15-29)5-7-22;/h4-7,17,20H,8-14,16H2,1-3H3;1H/t17-;/m0./s1. The third-order valence-electron chi connectivity index (χ3n) is 7.33. The second-order valence-electron chi connectivity index (χ2n) is 9.70. The number of piperazine rings is 1. The SMILES string of the molecule is Cc1c(-c2ccc(C#N)cc2)nnc(N2CCN(C(=O)CC3CCC(F)(F)CC3)[C@@H](C)C2)c1C.Cl. The maximum Gasteiger partial charge on any atom is 0.248 e. The Hall–Kier alpha value is -2.79. The van der Waals surface area contributed by atoms with Crippen LogP contribution in [-0.2, 0) is 4.79 Å². The number of nitrogens with zero attached hydrogens (tertiary/aromatic N) is 5. The number of carbonyl (C=O) groups excluding carboxylic acids is 1.